The van der Waals surface area contributed by atoms with Crippen molar-refractivity contribution in [3.8, 4) is 0 Å². The second-order valence-corrected chi connectivity index (χ2v) is 3.59. The molecule has 1 atom stereocenters. The number of nitrogens with zero attached hydrogens (tertiary/aromatic N) is 1. The van der Waals surface area contributed by atoms with Crippen molar-refractivity contribution in [3.63, 3.8) is 0 Å². The zero-order chi connectivity index (χ0) is 8.55. The van der Waals surface area contributed by atoms with E-state index < -0.39 is 0 Å². The first kappa shape index (κ1) is 7.87. The maximum Gasteiger partial charge on any atom is 0.0517 e. The van der Waals surface area contributed by atoms with E-state index in [9.17, 15) is 0 Å². The molecule has 1 aliphatic heterocycles. The number of rotatable bonds is 1. The van der Waals surface area contributed by atoms with Crippen molar-refractivity contribution in [2.45, 2.75) is 12.8 Å². The van der Waals surface area contributed by atoms with E-state index in [2.05, 4.69) is 24.1 Å². The summed E-state index contributed by atoms with van der Waals surface area (Å²) in [5.74, 6) is 0.363. The molecule has 0 amide bonds. The normalized spacial score (nSPS) is 28.2. The van der Waals surface area contributed by atoms with Gasteiger partial charge in [0.2, 0.25) is 0 Å². The van der Waals surface area contributed by atoms with Gasteiger partial charge < -0.3 is 10.0 Å². The quantitative estimate of drug-likeness (QED) is 0.630. The average molecular weight is 165 g/mol. The lowest BCUT2D eigenvalue weighted by Crippen LogP contribution is -2.14. The molecule has 1 N–H and O–H groups in total. The van der Waals surface area contributed by atoms with Crippen molar-refractivity contribution >= 4 is 0 Å². The van der Waals surface area contributed by atoms with E-state index in [0.717, 1.165) is 19.4 Å². The summed E-state index contributed by atoms with van der Waals surface area (Å²) in [5.41, 5.74) is 2.71. The van der Waals surface area contributed by atoms with Crippen LogP contribution in [0.5, 0.6) is 0 Å². The molecule has 1 aliphatic carbocycles. The molecule has 2 heteroatoms. The van der Waals surface area contributed by atoms with Gasteiger partial charge in [-0.05, 0) is 18.4 Å². The van der Waals surface area contributed by atoms with Crippen LogP contribution < -0.4 is 0 Å². The minimum absolute atomic E-state index is 0.285. The first-order valence-corrected chi connectivity index (χ1v) is 4.55. The first-order chi connectivity index (χ1) is 5.83. The minimum Gasteiger partial charge on any atom is -0.396 e. The van der Waals surface area contributed by atoms with E-state index in [1.165, 1.54) is 11.3 Å². The molecule has 1 fully saturated rings. The van der Waals surface area contributed by atoms with Crippen molar-refractivity contribution < 1.29 is 5.11 Å². The van der Waals surface area contributed by atoms with Crippen LogP contribution in [0.1, 0.15) is 12.8 Å². The molecule has 0 bridgehead atoms. The van der Waals surface area contributed by atoms with E-state index in [4.69, 9.17) is 5.11 Å². The fourth-order valence-corrected chi connectivity index (χ4v) is 2.12. The molecule has 1 unspecified atom stereocenters. The number of hydrogen-bond donors (Lipinski definition) is 1. The van der Waals surface area contributed by atoms with E-state index in [1.807, 2.05) is 0 Å². The predicted octanol–water partition coefficient (Wildman–Crippen LogP) is 1.14. The van der Waals surface area contributed by atoms with E-state index in [1.54, 1.807) is 0 Å². The summed E-state index contributed by atoms with van der Waals surface area (Å²) in [6.45, 7) is 1.27. The molecule has 1 saturated heterocycles. The third-order valence-electron chi connectivity index (χ3n) is 2.73. The second-order valence-electron chi connectivity index (χ2n) is 3.59. The third kappa shape index (κ3) is 1.07. The zero-order valence-corrected chi connectivity index (χ0v) is 7.45. The molecule has 0 aromatic carbocycles. The number of hydrogen-bond acceptors (Lipinski definition) is 2. The number of aliphatic hydroxyl groups excluding tert-OH is 1. The molecule has 2 rings (SSSR count). The van der Waals surface area contributed by atoms with Crippen LogP contribution in [0.15, 0.2) is 23.4 Å². The van der Waals surface area contributed by atoms with Gasteiger partial charge in [0.05, 0.1) is 6.61 Å². The molecule has 0 aromatic rings. The number of likely N-dealkylation sites (N-methyl/N-ethyl adjacent to an activating group) is 1. The molecule has 2 nitrogen and oxygen atoms in total. The van der Waals surface area contributed by atoms with Gasteiger partial charge >= 0.3 is 0 Å². The lowest BCUT2D eigenvalue weighted by atomic mass is 9.96. The Morgan fingerprint density at radius 2 is 2.25 bits per heavy atom. The fourth-order valence-electron chi connectivity index (χ4n) is 2.12. The van der Waals surface area contributed by atoms with Gasteiger partial charge in [-0.2, -0.15) is 0 Å². The van der Waals surface area contributed by atoms with Crippen molar-refractivity contribution in [1.82, 2.24) is 4.90 Å². The number of aliphatic hydroxyl groups is 1. The molecule has 0 aromatic heterocycles. The molecule has 0 radical (unpaired) electrons. The largest absolute Gasteiger partial charge is 0.396 e. The standard InChI is InChI=1S/C10H15NO/c1-11-6-8(7-12)9-4-2-3-5-10(9)11/h4-5,8,12H,2-3,6-7H2,1H3. The number of allylic oxidation sites excluding steroid dienone is 3. The molecule has 2 aliphatic rings. The Labute approximate surface area is 73.2 Å². The maximum absolute atomic E-state index is 9.13. The van der Waals surface area contributed by atoms with Crippen molar-refractivity contribution in [2.24, 2.45) is 5.92 Å². The highest BCUT2D eigenvalue weighted by Gasteiger charge is 2.29. The van der Waals surface area contributed by atoms with Gasteiger partial charge in [0, 0.05) is 25.2 Å². The van der Waals surface area contributed by atoms with Crippen LogP contribution in [0.3, 0.4) is 0 Å². The van der Waals surface area contributed by atoms with Crippen LogP contribution in [0.2, 0.25) is 0 Å². The van der Waals surface area contributed by atoms with Gasteiger partial charge in [0.1, 0.15) is 0 Å². The fraction of sp³-hybridized carbons (Fsp3) is 0.600. The predicted molar refractivity (Wildman–Crippen MR) is 48.6 cm³/mol. The molecular weight excluding hydrogens is 150 g/mol. The summed E-state index contributed by atoms with van der Waals surface area (Å²) >= 11 is 0. The topological polar surface area (TPSA) is 23.5 Å². The van der Waals surface area contributed by atoms with Gasteiger partial charge in [-0.15, -0.1) is 0 Å². The molecule has 1 heterocycles. The lowest BCUT2D eigenvalue weighted by Gasteiger charge is -2.15. The maximum atomic E-state index is 9.13. The Kier molecular flexibility index (Phi) is 1.93. The van der Waals surface area contributed by atoms with Crippen LogP contribution in [-0.4, -0.2) is 30.2 Å². The second kappa shape index (κ2) is 2.94. The molecule has 12 heavy (non-hydrogen) atoms. The summed E-state index contributed by atoms with van der Waals surface area (Å²) in [5, 5.41) is 9.13. The van der Waals surface area contributed by atoms with E-state index in [-0.39, 0.29) is 6.61 Å². The van der Waals surface area contributed by atoms with E-state index in [0.29, 0.717) is 5.92 Å². The molecule has 0 spiro atoms. The van der Waals surface area contributed by atoms with Gasteiger partial charge in [-0.1, -0.05) is 12.2 Å². The van der Waals surface area contributed by atoms with Crippen LogP contribution in [0.4, 0.5) is 0 Å². The van der Waals surface area contributed by atoms with Gasteiger partial charge in [-0.25, -0.2) is 0 Å². The van der Waals surface area contributed by atoms with E-state index >= 15 is 0 Å². The first-order valence-electron chi connectivity index (χ1n) is 4.55. The Morgan fingerprint density at radius 1 is 1.50 bits per heavy atom. The van der Waals surface area contributed by atoms with Crippen LogP contribution in [0.25, 0.3) is 0 Å². The molecular formula is C10H15NO. The van der Waals surface area contributed by atoms with Crippen molar-refractivity contribution in [1.29, 1.82) is 0 Å². The summed E-state index contributed by atoms with van der Waals surface area (Å²) in [4.78, 5) is 2.24. The summed E-state index contributed by atoms with van der Waals surface area (Å²) in [6.07, 6.45) is 6.86. The summed E-state index contributed by atoms with van der Waals surface area (Å²) < 4.78 is 0. The summed E-state index contributed by atoms with van der Waals surface area (Å²) in [6, 6.07) is 0. The minimum atomic E-state index is 0.285. The van der Waals surface area contributed by atoms with Crippen LogP contribution in [-0.2, 0) is 0 Å². The summed E-state index contributed by atoms with van der Waals surface area (Å²) in [7, 11) is 2.10. The zero-order valence-electron chi connectivity index (χ0n) is 7.45. The Bertz CT molecular complexity index is 242. The lowest BCUT2D eigenvalue weighted by molar-refractivity contribution is 0.241. The van der Waals surface area contributed by atoms with Gasteiger partial charge in [0.15, 0.2) is 0 Å². The van der Waals surface area contributed by atoms with Crippen LogP contribution in [0, 0.1) is 5.92 Å². The van der Waals surface area contributed by atoms with Crippen molar-refractivity contribution in [2.75, 3.05) is 20.2 Å². The highest BCUT2D eigenvalue weighted by molar-refractivity contribution is 5.38. The third-order valence-corrected chi connectivity index (χ3v) is 2.73. The van der Waals surface area contributed by atoms with Crippen LogP contribution >= 0.6 is 0 Å². The molecule has 0 saturated carbocycles. The monoisotopic (exact) mass is 165 g/mol. The number of fused-ring (bicyclic) bond motifs is 1. The number of likely N-dealkylation sites (tertiary alicyclic amines) is 1. The van der Waals surface area contributed by atoms with Crippen molar-refractivity contribution in [3.05, 3.63) is 23.4 Å². The Hall–Kier alpha value is -0.760. The molecule has 66 valence electrons. The van der Waals surface area contributed by atoms with Gasteiger partial charge in [-0.3, -0.25) is 0 Å². The van der Waals surface area contributed by atoms with Gasteiger partial charge in [0.25, 0.3) is 0 Å². The Morgan fingerprint density at radius 3 is 3.00 bits per heavy atom. The average Bonchev–Trinajstić information content (AvgIpc) is 2.44. The SMILES string of the molecule is CN1CC(CO)C2=CCCC=C21. The smallest absolute Gasteiger partial charge is 0.0517 e. The highest BCUT2D eigenvalue weighted by Crippen LogP contribution is 2.34. The highest BCUT2D eigenvalue weighted by atomic mass is 16.3. The Balaban J connectivity index is 2.28.